The standard InChI is InChI=1S/C39H40N2O2S/c1-26-27(2)41(36-20-17-31(23-35(26)36)38(43)40-24-28-13-18-32(44-6)19-14-28)25-29-11-15-30(16-12-29)33-9-7-8-10-34(33)37(42)21-22-39(3,4)5/h7-23H,24-25H2,1-6H3,(H,40,43)/b22-21-. The van der Waals surface area contributed by atoms with Crippen LogP contribution in [0.5, 0.6) is 0 Å². The molecule has 0 aliphatic carbocycles. The van der Waals surface area contributed by atoms with Gasteiger partial charge in [0.05, 0.1) is 0 Å². The van der Waals surface area contributed by atoms with Crippen LogP contribution in [-0.4, -0.2) is 22.5 Å². The van der Waals surface area contributed by atoms with Gasteiger partial charge in [-0.05, 0) is 89.7 Å². The lowest BCUT2D eigenvalue weighted by molar-refractivity contribution is 0.0950. The van der Waals surface area contributed by atoms with E-state index in [4.69, 9.17) is 0 Å². The number of rotatable bonds is 9. The summed E-state index contributed by atoms with van der Waals surface area (Å²) >= 11 is 1.70. The number of aromatic nitrogens is 1. The van der Waals surface area contributed by atoms with Crippen LogP contribution < -0.4 is 5.32 Å². The van der Waals surface area contributed by atoms with Gasteiger partial charge in [0.2, 0.25) is 0 Å². The van der Waals surface area contributed by atoms with Crippen LogP contribution in [0, 0.1) is 19.3 Å². The Labute approximate surface area is 265 Å². The molecule has 0 atom stereocenters. The van der Waals surface area contributed by atoms with Crippen molar-refractivity contribution in [3.8, 4) is 11.1 Å². The molecular formula is C39H40N2O2S. The van der Waals surface area contributed by atoms with Crippen LogP contribution in [0.25, 0.3) is 22.0 Å². The Kier molecular flexibility index (Phi) is 9.26. The van der Waals surface area contributed by atoms with E-state index >= 15 is 0 Å². The molecule has 4 aromatic carbocycles. The maximum atomic E-state index is 13.0. The van der Waals surface area contributed by atoms with Crippen molar-refractivity contribution in [1.82, 2.24) is 9.88 Å². The highest BCUT2D eigenvalue weighted by Crippen LogP contribution is 2.29. The number of carbonyl (C=O) groups is 2. The van der Waals surface area contributed by atoms with Crippen LogP contribution in [0.3, 0.4) is 0 Å². The van der Waals surface area contributed by atoms with Crippen molar-refractivity contribution in [2.75, 3.05) is 6.26 Å². The van der Waals surface area contributed by atoms with Crippen LogP contribution in [0.1, 0.15) is 63.9 Å². The molecule has 1 amide bonds. The summed E-state index contributed by atoms with van der Waals surface area (Å²) in [6, 6.07) is 30.5. The molecule has 4 nitrogen and oxygen atoms in total. The summed E-state index contributed by atoms with van der Waals surface area (Å²) < 4.78 is 2.31. The van der Waals surface area contributed by atoms with Crippen LogP contribution in [-0.2, 0) is 13.1 Å². The van der Waals surface area contributed by atoms with Crippen molar-refractivity contribution >= 4 is 34.4 Å². The lowest BCUT2D eigenvalue weighted by Gasteiger charge is -2.13. The maximum absolute atomic E-state index is 13.0. The number of nitrogens with one attached hydrogen (secondary N) is 1. The molecule has 0 saturated carbocycles. The number of hydrogen-bond donors (Lipinski definition) is 1. The summed E-state index contributed by atoms with van der Waals surface area (Å²) in [6.45, 7) is 11.7. The average molecular weight is 601 g/mol. The molecule has 0 aliphatic heterocycles. The first kappa shape index (κ1) is 31.1. The fraction of sp³-hybridized carbons (Fsp3) is 0.231. The zero-order chi connectivity index (χ0) is 31.4. The molecule has 5 aromatic rings. The van der Waals surface area contributed by atoms with Gasteiger partial charge in [-0.3, -0.25) is 9.59 Å². The first-order chi connectivity index (χ1) is 21.0. The van der Waals surface area contributed by atoms with E-state index in [1.54, 1.807) is 17.8 Å². The molecule has 1 heterocycles. The van der Waals surface area contributed by atoms with Crippen molar-refractivity contribution in [1.29, 1.82) is 0 Å². The van der Waals surface area contributed by atoms with Crippen LogP contribution in [0.2, 0.25) is 0 Å². The molecule has 5 rings (SSSR count). The summed E-state index contributed by atoms with van der Waals surface area (Å²) in [6.07, 6.45) is 5.70. The first-order valence-electron chi connectivity index (χ1n) is 15.0. The Hall–Kier alpha value is -4.35. The zero-order valence-electron chi connectivity index (χ0n) is 26.4. The van der Waals surface area contributed by atoms with Gasteiger partial charge >= 0.3 is 0 Å². The third-order valence-electron chi connectivity index (χ3n) is 8.05. The Balaban J connectivity index is 1.33. The predicted molar refractivity (Wildman–Crippen MR) is 185 cm³/mol. The highest BCUT2D eigenvalue weighted by Gasteiger charge is 2.16. The lowest BCUT2D eigenvalue weighted by atomic mass is 9.93. The first-order valence-corrected chi connectivity index (χ1v) is 16.2. The number of thioether (sulfide) groups is 1. The minimum absolute atomic E-state index is 0.0161. The van der Waals surface area contributed by atoms with Crippen LogP contribution in [0.15, 0.2) is 108 Å². The normalized spacial score (nSPS) is 11.8. The second-order valence-corrected chi connectivity index (χ2v) is 13.2. The smallest absolute Gasteiger partial charge is 0.251 e. The zero-order valence-corrected chi connectivity index (χ0v) is 27.2. The van der Waals surface area contributed by atoms with E-state index in [0.717, 1.165) is 27.6 Å². The third-order valence-corrected chi connectivity index (χ3v) is 8.79. The van der Waals surface area contributed by atoms with Gasteiger partial charge in [0, 0.05) is 45.7 Å². The molecule has 0 aliphatic rings. The second kappa shape index (κ2) is 13.1. The van der Waals surface area contributed by atoms with Gasteiger partial charge in [-0.25, -0.2) is 0 Å². The van der Waals surface area contributed by atoms with Crippen molar-refractivity contribution in [3.05, 3.63) is 137 Å². The Morgan fingerprint density at radius 3 is 2.23 bits per heavy atom. The van der Waals surface area contributed by atoms with Crippen molar-refractivity contribution in [3.63, 3.8) is 0 Å². The number of amides is 1. The van der Waals surface area contributed by atoms with E-state index in [2.05, 4.69) is 105 Å². The molecule has 0 spiro atoms. The van der Waals surface area contributed by atoms with E-state index < -0.39 is 0 Å². The largest absolute Gasteiger partial charge is 0.348 e. The molecule has 44 heavy (non-hydrogen) atoms. The second-order valence-electron chi connectivity index (χ2n) is 12.4. The van der Waals surface area contributed by atoms with Crippen LogP contribution >= 0.6 is 11.8 Å². The number of nitrogens with zero attached hydrogens (tertiary/aromatic N) is 1. The van der Waals surface area contributed by atoms with Gasteiger partial charge in [0.25, 0.3) is 5.91 Å². The predicted octanol–water partition coefficient (Wildman–Crippen LogP) is 9.41. The van der Waals surface area contributed by atoms with Gasteiger partial charge in [-0.1, -0.05) is 87.5 Å². The molecule has 224 valence electrons. The minimum Gasteiger partial charge on any atom is -0.348 e. The maximum Gasteiger partial charge on any atom is 0.251 e. The number of hydrogen-bond acceptors (Lipinski definition) is 3. The monoisotopic (exact) mass is 600 g/mol. The highest BCUT2D eigenvalue weighted by atomic mass is 32.2. The van der Waals surface area contributed by atoms with Gasteiger partial charge < -0.3 is 9.88 Å². The Morgan fingerprint density at radius 1 is 0.864 bits per heavy atom. The number of fused-ring (bicyclic) bond motifs is 1. The van der Waals surface area contributed by atoms with Gasteiger partial charge in [-0.15, -0.1) is 11.8 Å². The number of allylic oxidation sites excluding steroid dienone is 2. The number of benzene rings is 4. The molecule has 1 aromatic heterocycles. The summed E-state index contributed by atoms with van der Waals surface area (Å²) in [5.41, 5.74) is 8.97. The quantitative estimate of drug-likeness (QED) is 0.104. The lowest BCUT2D eigenvalue weighted by Crippen LogP contribution is -2.22. The van der Waals surface area contributed by atoms with Crippen LogP contribution in [0.4, 0.5) is 0 Å². The molecule has 5 heteroatoms. The molecule has 0 fully saturated rings. The topological polar surface area (TPSA) is 51.1 Å². The van der Waals surface area contributed by atoms with Crippen molar-refractivity contribution in [2.24, 2.45) is 5.41 Å². The number of aryl methyl sites for hydroxylation is 1. The molecule has 0 radical (unpaired) electrons. The molecule has 0 saturated heterocycles. The van der Waals surface area contributed by atoms with Crippen molar-refractivity contribution < 1.29 is 9.59 Å². The summed E-state index contributed by atoms with van der Waals surface area (Å²) in [5, 5.41) is 4.15. The van der Waals surface area contributed by atoms with E-state index in [1.807, 2.05) is 42.5 Å². The molecule has 0 bridgehead atoms. The summed E-state index contributed by atoms with van der Waals surface area (Å²) in [5.74, 6) is -0.0590. The van der Waals surface area contributed by atoms with Crippen molar-refractivity contribution in [2.45, 2.75) is 52.6 Å². The van der Waals surface area contributed by atoms with Gasteiger partial charge in [0.1, 0.15) is 0 Å². The van der Waals surface area contributed by atoms with E-state index in [-0.39, 0.29) is 17.1 Å². The SMILES string of the molecule is CSc1ccc(CNC(=O)c2ccc3c(c2)c(C)c(C)n3Cc2ccc(-c3ccccc3C(=O)/C=C\C(C)(C)C)cc2)cc1. The van der Waals surface area contributed by atoms with E-state index in [0.29, 0.717) is 24.2 Å². The third kappa shape index (κ3) is 7.06. The Morgan fingerprint density at radius 2 is 1.55 bits per heavy atom. The fourth-order valence-electron chi connectivity index (χ4n) is 5.36. The summed E-state index contributed by atoms with van der Waals surface area (Å²) in [4.78, 5) is 27.3. The molecule has 0 unspecified atom stereocenters. The van der Waals surface area contributed by atoms with Gasteiger partial charge in [0.15, 0.2) is 5.78 Å². The van der Waals surface area contributed by atoms with E-state index in [1.165, 1.54) is 21.7 Å². The average Bonchev–Trinajstić information content (AvgIpc) is 3.26. The summed E-state index contributed by atoms with van der Waals surface area (Å²) in [7, 11) is 0. The molecule has 1 N–H and O–H groups in total. The fourth-order valence-corrected chi connectivity index (χ4v) is 5.77. The Bertz CT molecular complexity index is 1840. The number of carbonyl (C=O) groups excluding carboxylic acids is 2. The minimum atomic E-state index is -0.0751. The van der Waals surface area contributed by atoms with Gasteiger partial charge in [-0.2, -0.15) is 0 Å². The highest BCUT2D eigenvalue weighted by molar-refractivity contribution is 7.98. The molecular weight excluding hydrogens is 561 g/mol. The number of ketones is 1. The van der Waals surface area contributed by atoms with E-state index in [9.17, 15) is 9.59 Å².